The molecule has 1 aromatic heterocycles. The molecule has 0 aliphatic carbocycles. The predicted octanol–water partition coefficient (Wildman–Crippen LogP) is 5.60. The van der Waals surface area contributed by atoms with Crippen LogP contribution in [0.5, 0.6) is 5.88 Å². The molecule has 0 radical (unpaired) electrons. The quantitative estimate of drug-likeness (QED) is 0.569. The molecule has 2 bridgehead atoms. The molecule has 2 aromatic rings. The lowest BCUT2D eigenvalue weighted by molar-refractivity contribution is -0.113. The van der Waals surface area contributed by atoms with Crippen molar-refractivity contribution in [1.29, 1.82) is 0 Å². The highest BCUT2D eigenvalue weighted by Gasteiger charge is 2.44. The molecule has 1 aromatic carbocycles. The van der Waals surface area contributed by atoms with Crippen molar-refractivity contribution in [3.05, 3.63) is 52.5 Å². The van der Waals surface area contributed by atoms with Gasteiger partial charge in [0.2, 0.25) is 5.88 Å². The van der Waals surface area contributed by atoms with Gasteiger partial charge in [-0.25, -0.2) is 14.6 Å². The minimum Gasteiger partial charge on any atom is -0.473 e. The lowest BCUT2D eigenvalue weighted by Crippen LogP contribution is -2.59. The highest BCUT2D eigenvalue weighted by molar-refractivity contribution is 6.33. The molecule has 1 amide bonds. The van der Waals surface area contributed by atoms with Crippen LogP contribution in [-0.2, 0) is 9.47 Å². The van der Waals surface area contributed by atoms with Gasteiger partial charge in [-0.15, -0.1) is 0 Å². The summed E-state index contributed by atoms with van der Waals surface area (Å²) < 4.78 is 17.8. The van der Waals surface area contributed by atoms with Gasteiger partial charge in [0, 0.05) is 42.4 Å². The Kier molecular flexibility index (Phi) is 6.87. The monoisotopic (exact) mass is 484 g/mol. The number of halogens is 1. The lowest BCUT2D eigenvalue weighted by atomic mass is 9.84. The van der Waals surface area contributed by atoms with E-state index in [2.05, 4.69) is 15.1 Å². The summed E-state index contributed by atoms with van der Waals surface area (Å²) in [7, 11) is 0. The first-order valence-corrected chi connectivity index (χ1v) is 11.6. The highest BCUT2D eigenvalue weighted by atomic mass is 35.5. The Labute approximate surface area is 205 Å². The van der Waals surface area contributed by atoms with E-state index in [0.29, 0.717) is 48.6 Å². The molecule has 9 heteroatoms. The zero-order chi connectivity index (χ0) is 24.5. The second-order valence-corrected chi connectivity index (χ2v) is 10.1. The number of anilines is 2. The molecule has 0 spiro atoms. The maximum atomic E-state index is 12.6. The van der Waals surface area contributed by atoms with Crippen LogP contribution in [0.25, 0.3) is 4.85 Å². The van der Waals surface area contributed by atoms with Crippen LogP contribution in [0.1, 0.15) is 26.3 Å². The third-order valence-corrected chi connectivity index (χ3v) is 6.22. The van der Waals surface area contributed by atoms with Crippen LogP contribution < -0.4 is 10.1 Å². The Bertz CT molecular complexity index is 1100. The molecular weight excluding hydrogens is 456 g/mol. The molecular formula is C25H29ClN4O4. The first-order valence-electron chi connectivity index (χ1n) is 11.3. The molecule has 3 heterocycles. The van der Waals surface area contributed by atoms with Crippen LogP contribution in [0.15, 0.2) is 30.5 Å². The number of carbonyl (C=O) groups excluding carboxylic acids is 1. The van der Waals surface area contributed by atoms with E-state index < -0.39 is 5.60 Å². The summed E-state index contributed by atoms with van der Waals surface area (Å²) in [6, 6.07) is 6.99. The van der Waals surface area contributed by atoms with E-state index in [-0.39, 0.29) is 24.0 Å². The third-order valence-electron chi connectivity index (χ3n) is 5.91. The first kappa shape index (κ1) is 24.1. The van der Waals surface area contributed by atoms with Gasteiger partial charge in [0.1, 0.15) is 11.7 Å². The number of piperidine rings is 1. The van der Waals surface area contributed by atoms with Crippen molar-refractivity contribution in [2.45, 2.75) is 39.4 Å². The summed E-state index contributed by atoms with van der Waals surface area (Å²) in [5.74, 6) is 0.577. The number of nitrogens with zero attached hydrogens (tertiary/aromatic N) is 3. The van der Waals surface area contributed by atoms with Crippen LogP contribution in [0, 0.1) is 25.3 Å². The van der Waals surface area contributed by atoms with E-state index in [1.807, 2.05) is 33.8 Å². The van der Waals surface area contributed by atoms with Crippen LogP contribution >= 0.6 is 11.6 Å². The molecule has 1 N–H and O–H groups in total. The van der Waals surface area contributed by atoms with Gasteiger partial charge in [-0.1, -0.05) is 17.7 Å². The number of fused-ring (bicyclic) bond motifs is 2. The lowest BCUT2D eigenvalue weighted by Gasteiger charge is -2.46. The van der Waals surface area contributed by atoms with Gasteiger partial charge < -0.3 is 24.4 Å². The molecule has 2 saturated heterocycles. The van der Waals surface area contributed by atoms with Crippen LogP contribution in [0.4, 0.5) is 21.9 Å². The number of rotatable bonds is 4. The number of hydrogen-bond acceptors (Lipinski definition) is 6. The number of hydrogen-bond donors (Lipinski definition) is 1. The molecule has 2 aliphatic heterocycles. The SMILES string of the molecule is [C-]#[N+]c1ccc(Nc2ccnc(OC3C4COCC3CN(C(=O)OC(C)(C)C)C4)c2C)c(Cl)c1. The summed E-state index contributed by atoms with van der Waals surface area (Å²) in [5.41, 5.74) is 2.31. The van der Waals surface area contributed by atoms with Crippen molar-refractivity contribution < 1.29 is 19.0 Å². The molecule has 2 fully saturated rings. The van der Waals surface area contributed by atoms with Gasteiger partial charge in [0.05, 0.1) is 30.5 Å². The number of nitrogens with one attached hydrogen (secondary N) is 1. The fraction of sp³-hybridized carbons (Fsp3) is 0.480. The van der Waals surface area contributed by atoms with E-state index in [4.69, 9.17) is 32.4 Å². The molecule has 2 unspecified atom stereocenters. The number of carbonyl (C=O) groups is 1. The van der Waals surface area contributed by atoms with Crippen LogP contribution in [0.2, 0.25) is 5.02 Å². The predicted molar refractivity (Wildman–Crippen MR) is 130 cm³/mol. The fourth-order valence-corrected chi connectivity index (χ4v) is 4.51. The highest BCUT2D eigenvalue weighted by Crippen LogP contribution is 2.36. The summed E-state index contributed by atoms with van der Waals surface area (Å²) in [5, 5.41) is 3.78. The number of likely N-dealkylation sites (tertiary alicyclic amines) is 1. The van der Waals surface area contributed by atoms with E-state index in [0.717, 1.165) is 11.3 Å². The minimum absolute atomic E-state index is 0.0217. The van der Waals surface area contributed by atoms with Crippen molar-refractivity contribution in [2.75, 3.05) is 31.6 Å². The Balaban J connectivity index is 1.49. The normalized spacial score (nSPS) is 22.0. The van der Waals surface area contributed by atoms with Crippen molar-refractivity contribution >= 4 is 34.8 Å². The Hall–Kier alpha value is -3.02. The van der Waals surface area contributed by atoms with Gasteiger partial charge in [0.15, 0.2) is 5.69 Å². The molecule has 2 aliphatic rings. The minimum atomic E-state index is -0.538. The third kappa shape index (κ3) is 5.37. The number of amides is 1. The van der Waals surface area contributed by atoms with Crippen LogP contribution in [-0.4, -0.2) is 54.0 Å². The van der Waals surface area contributed by atoms with Gasteiger partial charge >= 0.3 is 6.09 Å². The van der Waals surface area contributed by atoms with E-state index in [1.54, 1.807) is 29.3 Å². The molecule has 0 saturated carbocycles. The molecule has 2 atom stereocenters. The number of aromatic nitrogens is 1. The van der Waals surface area contributed by atoms with Crippen LogP contribution in [0.3, 0.4) is 0 Å². The van der Waals surface area contributed by atoms with Gasteiger partial charge in [-0.3, -0.25) is 0 Å². The Morgan fingerprint density at radius 2 is 1.94 bits per heavy atom. The summed E-state index contributed by atoms with van der Waals surface area (Å²) in [6.07, 6.45) is 1.27. The van der Waals surface area contributed by atoms with Gasteiger partial charge in [-0.2, -0.15) is 0 Å². The number of benzene rings is 1. The summed E-state index contributed by atoms with van der Waals surface area (Å²) in [6.45, 7) is 16.7. The van der Waals surface area contributed by atoms with Crippen molar-refractivity contribution in [3.8, 4) is 5.88 Å². The first-order chi connectivity index (χ1) is 16.1. The second-order valence-electron chi connectivity index (χ2n) is 9.72. The van der Waals surface area contributed by atoms with E-state index in [1.165, 1.54) is 0 Å². The zero-order valence-corrected chi connectivity index (χ0v) is 20.6. The zero-order valence-electron chi connectivity index (χ0n) is 19.8. The van der Waals surface area contributed by atoms with Gasteiger partial charge in [0.25, 0.3) is 0 Å². The smallest absolute Gasteiger partial charge is 0.410 e. The standard InChI is InChI=1S/C25H29ClN4O4/c1-15-20(29-21-7-6-18(27-5)10-19(21)26)8-9-28-23(15)33-22-16-11-30(12-17(22)14-32-13-16)24(31)34-25(2,3)4/h6-10,16-17,22H,11-14H2,1-4H3,(H,28,29). The Morgan fingerprint density at radius 3 is 2.56 bits per heavy atom. The summed E-state index contributed by atoms with van der Waals surface area (Å²) >= 11 is 6.34. The maximum absolute atomic E-state index is 12.6. The van der Waals surface area contributed by atoms with Crippen molar-refractivity contribution in [2.24, 2.45) is 11.8 Å². The Morgan fingerprint density at radius 1 is 1.24 bits per heavy atom. The van der Waals surface area contributed by atoms with Gasteiger partial charge in [-0.05, 0) is 45.9 Å². The second kappa shape index (κ2) is 9.69. The summed E-state index contributed by atoms with van der Waals surface area (Å²) in [4.78, 5) is 22.3. The average Bonchev–Trinajstić information content (AvgIpc) is 2.76. The number of ether oxygens (including phenoxy) is 3. The number of pyridine rings is 1. The molecule has 8 nitrogen and oxygen atoms in total. The van der Waals surface area contributed by atoms with Crippen molar-refractivity contribution in [3.63, 3.8) is 0 Å². The molecule has 4 rings (SSSR count). The largest absolute Gasteiger partial charge is 0.473 e. The molecule has 34 heavy (non-hydrogen) atoms. The fourth-order valence-electron chi connectivity index (χ4n) is 4.29. The van der Waals surface area contributed by atoms with E-state index >= 15 is 0 Å². The topological polar surface area (TPSA) is 77.3 Å². The van der Waals surface area contributed by atoms with E-state index in [9.17, 15) is 4.79 Å². The van der Waals surface area contributed by atoms with Crippen molar-refractivity contribution in [1.82, 2.24) is 9.88 Å². The molecule has 180 valence electrons. The maximum Gasteiger partial charge on any atom is 0.410 e. The average molecular weight is 485 g/mol.